The maximum Gasteiger partial charge on any atom is 0.223 e. The van der Waals surface area contributed by atoms with Gasteiger partial charge in [-0.05, 0) is 52.3 Å². The summed E-state index contributed by atoms with van der Waals surface area (Å²) in [6.45, 7) is 0. The van der Waals surface area contributed by atoms with Crippen molar-refractivity contribution in [1.29, 1.82) is 0 Å². The van der Waals surface area contributed by atoms with Crippen LogP contribution in [-0.2, 0) is 19.7 Å². The third kappa shape index (κ3) is 4.55. The second-order valence-electron chi connectivity index (χ2n) is 5.94. The van der Waals surface area contributed by atoms with E-state index in [-0.39, 0.29) is 21.4 Å². The number of nitrogens with one attached hydrogen (secondary N) is 1. The number of nitrogens with zero attached hydrogens (tertiary/aromatic N) is 1. The molecule has 1 aromatic heterocycles. The summed E-state index contributed by atoms with van der Waals surface area (Å²) in [6, 6.07) is 16.4. The molecule has 1 heterocycles. The highest BCUT2D eigenvalue weighted by molar-refractivity contribution is 9.10. The SMILES string of the molecule is COc1ccccc1S(=O)(=O)C(=CNc1ccc(Br)cn1)S(=O)(=O)c1ccccc1. The Hall–Kier alpha value is -2.69. The van der Waals surface area contributed by atoms with Gasteiger partial charge in [0, 0.05) is 16.9 Å². The molecule has 0 saturated carbocycles. The lowest BCUT2D eigenvalue weighted by atomic mass is 10.3. The molecule has 10 heteroatoms. The zero-order valence-electron chi connectivity index (χ0n) is 15.7. The number of ether oxygens (including phenoxy) is 1. The van der Waals surface area contributed by atoms with E-state index >= 15 is 0 Å². The minimum absolute atomic E-state index is 0.0356. The first-order valence-electron chi connectivity index (χ1n) is 8.53. The van der Waals surface area contributed by atoms with E-state index in [9.17, 15) is 16.8 Å². The maximum absolute atomic E-state index is 13.4. The molecule has 1 N–H and O–H groups in total. The monoisotopic (exact) mass is 508 g/mol. The highest BCUT2D eigenvalue weighted by Crippen LogP contribution is 2.33. The van der Waals surface area contributed by atoms with Gasteiger partial charge in [-0.2, -0.15) is 0 Å². The molecule has 0 amide bonds. The summed E-state index contributed by atoms with van der Waals surface area (Å²) in [5.41, 5.74) is 0. The number of halogens is 1. The van der Waals surface area contributed by atoms with Crippen molar-refractivity contribution >= 4 is 41.4 Å². The molecule has 3 aromatic rings. The fourth-order valence-corrected chi connectivity index (χ4v) is 6.57. The Morgan fingerprint density at radius 3 is 2.23 bits per heavy atom. The van der Waals surface area contributed by atoms with Crippen molar-refractivity contribution in [1.82, 2.24) is 4.98 Å². The van der Waals surface area contributed by atoms with Gasteiger partial charge in [-0.25, -0.2) is 21.8 Å². The lowest BCUT2D eigenvalue weighted by molar-refractivity contribution is 0.403. The molecule has 0 radical (unpaired) electrons. The van der Waals surface area contributed by atoms with E-state index in [1.165, 1.54) is 55.8 Å². The predicted molar refractivity (Wildman–Crippen MR) is 117 cm³/mol. The number of hydrogen-bond acceptors (Lipinski definition) is 7. The highest BCUT2D eigenvalue weighted by Gasteiger charge is 2.35. The van der Waals surface area contributed by atoms with Crippen LogP contribution in [0.5, 0.6) is 5.75 Å². The maximum atomic E-state index is 13.4. The Labute approximate surface area is 183 Å². The van der Waals surface area contributed by atoms with Gasteiger partial charge in [0.1, 0.15) is 16.5 Å². The fourth-order valence-electron chi connectivity index (χ4n) is 2.56. The molecule has 7 nitrogen and oxygen atoms in total. The zero-order chi connectivity index (χ0) is 21.8. The molecule has 0 bridgehead atoms. The van der Waals surface area contributed by atoms with Gasteiger partial charge in [-0.15, -0.1) is 0 Å². The molecular weight excluding hydrogens is 492 g/mol. The van der Waals surface area contributed by atoms with Crippen LogP contribution in [0.1, 0.15) is 0 Å². The van der Waals surface area contributed by atoms with E-state index in [0.717, 1.165) is 10.7 Å². The lowest BCUT2D eigenvalue weighted by Gasteiger charge is -2.13. The van der Waals surface area contributed by atoms with Crippen molar-refractivity contribution in [2.24, 2.45) is 0 Å². The molecule has 0 atom stereocenters. The molecule has 156 valence electrons. The van der Waals surface area contributed by atoms with E-state index in [0.29, 0.717) is 0 Å². The van der Waals surface area contributed by atoms with Crippen LogP contribution in [-0.4, -0.2) is 28.9 Å². The summed E-state index contributed by atoms with van der Waals surface area (Å²) in [5, 5.41) is 2.67. The number of benzene rings is 2. The van der Waals surface area contributed by atoms with Crippen LogP contribution in [0.4, 0.5) is 5.82 Å². The number of hydrogen-bond donors (Lipinski definition) is 1. The van der Waals surface area contributed by atoms with E-state index in [2.05, 4.69) is 26.2 Å². The fraction of sp³-hybridized carbons (Fsp3) is 0.0500. The van der Waals surface area contributed by atoms with Gasteiger partial charge in [0.25, 0.3) is 0 Å². The van der Waals surface area contributed by atoms with Crippen LogP contribution in [0, 0.1) is 0 Å². The summed E-state index contributed by atoms with van der Waals surface area (Å²) in [4.78, 5) is 3.66. The second kappa shape index (κ2) is 8.99. The molecule has 2 aromatic carbocycles. The van der Waals surface area contributed by atoms with E-state index in [1.54, 1.807) is 24.3 Å². The first kappa shape index (κ1) is 22.0. The first-order valence-corrected chi connectivity index (χ1v) is 12.3. The van der Waals surface area contributed by atoms with Crippen LogP contribution in [0.3, 0.4) is 0 Å². The zero-order valence-corrected chi connectivity index (χ0v) is 18.9. The van der Waals surface area contributed by atoms with Crippen molar-refractivity contribution in [3.63, 3.8) is 0 Å². The van der Waals surface area contributed by atoms with Crippen molar-refractivity contribution in [2.45, 2.75) is 9.79 Å². The number of para-hydroxylation sites is 1. The Bertz CT molecular complexity index is 1270. The third-order valence-electron chi connectivity index (χ3n) is 4.01. The van der Waals surface area contributed by atoms with Gasteiger partial charge >= 0.3 is 0 Å². The molecule has 0 saturated heterocycles. The topological polar surface area (TPSA) is 102 Å². The van der Waals surface area contributed by atoms with Crippen LogP contribution >= 0.6 is 15.9 Å². The number of pyridine rings is 1. The van der Waals surface area contributed by atoms with Gasteiger partial charge in [0.05, 0.1) is 12.0 Å². The molecule has 0 spiro atoms. The van der Waals surface area contributed by atoms with Crippen molar-refractivity contribution < 1.29 is 21.6 Å². The molecule has 0 fully saturated rings. The molecule has 0 aliphatic rings. The highest BCUT2D eigenvalue weighted by atomic mass is 79.9. The summed E-state index contributed by atoms with van der Waals surface area (Å²) in [5.74, 6) is 0.308. The number of sulfone groups is 2. The number of methoxy groups -OCH3 is 1. The predicted octanol–water partition coefficient (Wildman–Crippen LogP) is 4.01. The van der Waals surface area contributed by atoms with Gasteiger partial charge in [0.2, 0.25) is 19.7 Å². The molecule has 30 heavy (non-hydrogen) atoms. The normalized spacial score (nSPS) is 12.4. The summed E-state index contributed by atoms with van der Waals surface area (Å²) in [7, 11) is -7.56. The van der Waals surface area contributed by atoms with Gasteiger partial charge in [-0.3, -0.25) is 0 Å². The Kier molecular flexibility index (Phi) is 6.59. The van der Waals surface area contributed by atoms with E-state index in [1.807, 2.05) is 0 Å². The van der Waals surface area contributed by atoms with E-state index in [4.69, 9.17) is 4.74 Å². The van der Waals surface area contributed by atoms with Crippen molar-refractivity contribution in [3.05, 3.63) is 87.8 Å². The average molecular weight is 509 g/mol. The first-order chi connectivity index (χ1) is 14.3. The van der Waals surface area contributed by atoms with Gasteiger partial charge in [-0.1, -0.05) is 30.3 Å². The Morgan fingerprint density at radius 2 is 1.60 bits per heavy atom. The Morgan fingerprint density at radius 1 is 0.933 bits per heavy atom. The van der Waals surface area contributed by atoms with Crippen LogP contribution < -0.4 is 10.1 Å². The summed E-state index contributed by atoms with van der Waals surface area (Å²) >= 11 is 3.25. The average Bonchev–Trinajstić information content (AvgIpc) is 2.75. The molecule has 0 aliphatic heterocycles. The second-order valence-corrected chi connectivity index (χ2v) is 10.9. The molecule has 0 aliphatic carbocycles. The lowest BCUT2D eigenvalue weighted by Crippen LogP contribution is -2.17. The van der Waals surface area contributed by atoms with Crippen LogP contribution in [0.15, 0.2) is 97.6 Å². The van der Waals surface area contributed by atoms with Crippen LogP contribution in [0.2, 0.25) is 0 Å². The van der Waals surface area contributed by atoms with Crippen LogP contribution in [0.25, 0.3) is 0 Å². The number of anilines is 1. The van der Waals surface area contributed by atoms with Crippen molar-refractivity contribution in [3.8, 4) is 5.75 Å². The van der Waals surface area contributed by atoms with Crippen molar-refractivity contribution in [2.75, 3.05) is 12.4 Å². The summed E-state index contributed by atoms with van der Waals surface area (Å²) < 4.78 is 58.4. The third-order valence-corrected chi connectivity index (χ3v) is 8.90. The Balaban J connectivity index is 2.19. The minimum atomic E-state index is -4.48. The number of aromatic nitrogens is 1. The quantitative estimate of drug-likeness (QED) is 0.514. The standard InChI is InChI=1S/C20H17BrN2O5S2/c1-28-17-9-5-6-10-18(17)30(26,27)20(14-23-19-12-11-15(21)13-22-19)29(24,25)16-7-3-2-4-8-16/h2-14H,1H3,(H,22,23). The minimum Gasteiger partial charge on any atom is -0.495 e. The smallest absolute Gasteiger partial charge is 0.223 e. The molecular formula is C20H17BrN2O5S2. The number of rotatable bonds is 7. The molecule has 0 unspecified atom stereocenters. The molecule has 3 rings (SSSR count). The van der Waals surface area contributed by atoms with Gasteiger partial charge < -0.3 is 10.1 Å². The van der Waals surface area contributed by atoms with Gasteiger partial charge in [0.15, 0.2) is 4.24 Å². The van der Waals surface area contributed by atoms with E-state index < -0.39 is 23.9 Å². The summed E-state index contributed by atoms with van der Waals surface area (Å²) in [6.07, 6.45) is 2.43. The largest absolute Gasteiger partial charge is 0.495 e.